The minimum atomic E-state index is -0.0688. The molecule has 1 saturated heterocycles. The molecule has 1 aliphatic heterocycles. The lowest BCUT2D eigenvalue weighted by Gasteiger charge is -2.43. The number of nitrogens with zero attached hydrogens (tertiary/aromatic N) is 3. The van der Waals surface area contributed by atoms with Crippen LogP contribution in [0.2, 0.25) is 0 Å². The second kappa shape index (κ2) is 10.9. The van der Waals surface area contributed by atoms with Crippen molar-refractivity contribution >= 4 is 11.8 Å². The lowest BCUT2D eigenvalue weighted by molar-refractivity contribution is -0.141. The molecule has 166 valence electrons. The van der Waals surface area contributed by atoms with E-state index in [0.717, 1.165) is 64.1 Å². The largest absolute Gasteiger partial charge is 0.342 e. The van der Waals surface area contributed by atoms with E-state index in [4.69, 9.17) is 0 Å². The predicted octanol–water partition coefficient (Wildman–Crippen LogP) is 3.75. The maximum absolute atomic E-state index is 13.4. The van der Waals surface area contributed by atoms with Crippen LogP contribution in [0.1, 0.15) is 64.4 Å². The van der Waals surface area contributed by atoms with Crippen LogP contribution in [-0.4, -0.2) is 71.8 Å². The highest BCUT2D eigenvalue weighted by Gasteiger charge is 2.39. The zero-order valence-corrected chi connectivity index (χ0v) is 19.1. The van der Waals surface area contributed by atoms with Crippen LogP contribution in [-0.2, 0) is 9.59 Å². The molecule has 2 aliphatic rings. The summed E-state index contributed by atoms with van der Waals surface area (Å²) in [5.74, 6) is 0.923. The van der Waals surface area contributed by atoms with E-state index in [9.17, 15) is 9.59 Å². The van der Waals surface area contributed by atoms with Gasteiger partial charge in [-0.15, -0.1) is 0 Å². The topological polar surface area (TPSA) is 43.9 Å². The van der Waals surface area contributed by atoms with Crippen molar-refractivity contribution in [1.82, 2.24) is 14.7 Å². The number of amides is 2. The van der Waals surface area contributed by atoms with Gasteiger partial charge in [-0.25, -0.2) is 0 Å². The monoisotopic (exact) mass is 413 g/mol. The number of carbonyl (C=O) groups excluding carboxylic acids is 2. The van der Waals surface area contributed by atoms with Crippen molar-refractivity contribution in [2.24, 2.45) is 5.92 Å². The maximum atomic E-state index is 13.4. The SMILES string of the molecule is CCC(C(=O)N1CCN(C(C(=O)N(CC)CC)C2CCCC2)CC1)c1ccccc1. The van der Waals surface area contributed by atoms with Gasteiger partial charge in [-0.05, 0) is 44.6 Å². The molecule has 3 rings (SSSR count). The number of benzene rings is 1. The molecule has 30 heavy (non-hydrogen) atoms. The van der Waals surface area contributed by atoms with Crippen LogP contribution in [0.3, 0.4) is 0 Å². The Labute approximate surface area is 182 Å². The average molecular weight is 414 g/mol. The van der Waals surface area contributed by atoms with Gasteiger partial charge >= 0.3 is 0 Å². The lowest BCUT2D eigenvalue weighted by Crippen LogP contribution is -2.58. The van der Waals surface area contributed by atoms with Crippen LogP contribution in [0.5, 0.6) is 0 Å². The molecule has 5 heteroatoms. The third-order valence-corrected chi connectivity index (χ3v) is 7.10. The van der Waals surface area contributed by atoms with E-state index in [1.807, 2.05) is 28.0 Å². The zero-order chi connectivity index (χ0) is 21.5. The van der Waals surface area contributed by atoms with E-state index >= 15 is 0 Å². The summed E-state index contributed by atoms with van der Waals surface area (Å²) < 4.78 is 0. The van der Waals surface area contributed by atoms with Crippen molar-refractivity contribution in [3.63, 3.8) is 0 Å². The Bertz CT molecular complexity index is 675. The van der Waals surface area contributed by atoms with Crippen molar-refractivity contribution in [3.05, 3.63) is 35.9 Å². The number of hydrogen-bond donors (Lipinski definition) is 0. The fourth-order valence-corrected chi connectivity index (χ4v) is 5.33. The second-order valence-corrected chi connectivity index (χ2v) is 8.73. The third-order valence-electron chi connectivity index (χ3n) is 7.10. The first kappa shape index (κ1) is 22.8. The molecule has 0 radical (unpaired) electrons. The Morgan fingerprint density at radius 1 is 0.967 bits per heavy atom. The molecule has 2 amide bonds. The van der Waals surface area contributed by atoms with E-state index in [0.29, 0.717) is 11.8 Å². The van der Waals surface area contributed by atoms with Crippen molar-refractivity contribution in [2.75, 3.05) is 39.3 Å². The molecule has 1 heterocycles. The Balaban J connectivity index is 1.67. The molecule has 2 unspecified atom stereocenters. The summed E-state index contributed by atoms with van der Waals surface area (Å²) in [6.07, 6.45) is 5.60. The molecule has 5 nitrogen and oxygen atoms in total. The molecule has 1 aromatic rings. The van der Waals surface area contributed by atoms with Crippen molar-refractivity contribution in [1.29, 1.82) is 0 Å². The Hall–Kier alpha value is -1.88. The average Bonchev–Trinajstić information content (AvgIpc) is 3.31. The van der Waals surface area contributed by atoms with E-state index < -0.39 is 0 Å². The summed E-state index contributed by atoms with van der Waals surface area (Å²) >= 11 is 0. The van der Waals surface area contributed by atoms with Gasteiger partial charge in [0, 0.05) is 39.3 Å². The van der Waals surface area contributed by atoms with Crippen LogP contribution in [0, 0.1) is 5.92 Å². The molecule has 1 aliphatic carbocycles. The van der Waals surface area contributed by atoms with E-state index in [1.54, 1.807) is 0 Å². The van der Waals surface area contributed by atoms with Crippen molar-refractivity contribution < 1.29 is 9.59 Å². The normalized spacial score (nSPS) is 20.2. The molecule has 0 bridgehead atoms. The Morgan fingerprint density at radius 3 is 2.10 bits per heavy atom. The molecule has 1 saturated carbocycles. The lowest BCUT2D eigenvalue weighted by atomic mass is 9.93. The molecule has 0 N–H and O–H groups in total. The minimum Gasteiger partial charge on any atom is -0.342 e. The number of piperazine rings is 1. The highest BCUT2D eigenvalue weighted by atomic mass is 16.2. The highest BCUT2D eigenvalue weighted by Crippen LogP contribution is 2.32. The molecular formula is C25H39N3O2. The Kier molecular flexibility index (Phi) is 8.32. The third kappa shape index (κ3) is 5.05. The van der Waals surface area contributed by atoms with E-state index in [1.165, 1.54) is 12.8 Å². The van der Waals surface area contributed by atoms with Crippen LogP contribution >= 0.6 is 0 Å². The fourth-order valence-electron chi connectivity index (χ4n) is 5.33. The van der Waals surface area contributed by atoms with Crippen LogP contribution in [0.25, 0.3) is 0 Å². The number of rotatable bonds is 8. The maximum Gasteiger partial charge on any atom is 0.240 e. The molecule has 0 spiro atoms. The summed E-state index contributed by atoms with van der Waals surface area (Å²) in [5.41, 5.74) is 1.10. The quantitative estimate of drug-likeness (QED) is 0.652. The molecule has 1 aromatic carbocycles. The number of likely N-dealkylation sites (N-methyl/N-ethyl adjacent to an activating group) is 1. The zero-order valence-electron chi connectivity index (χ0n) is 19.1. The van der Waals surface area contributed by atoms with Crippen LogP contribution < -0.4 is 0 Å². The fraction of sp³-hybridized carbons (Fsp3) is 0.680. The summed E-state index contributed by atoms with van der Waals surface area (Å²) in [5, 5.41) is 0. The highest BCUT2D eigenvalue weighted by molar-refractivity contribution is 5.84. The number of hydrogen-bond acceptors (Lipinski definition) is 3. The van der Waals surface area contributed by atoms with Crippen molar-refractivity contribution in [2.45, 2.75) is 64.8 Å². The van der Waals surface area contributed by atoms with E-state index in [-0.39, 0.29) is 17.9 Å². The molecular weight excluding hydrogens is 374 g/mol. The summed E-state index contributed by atoms with van der Waals surface area (Å²) in [6.45, 7) is 10.8. The first-order chi connectivity index (χ1) is 14.6. The predicted molar refractivity (Wildman–Crippen MR) is 121 cm³/mol. The molecule has 0 aromatic heterocycles. The smallest absolute Gasteiger partial charge is 0.240 e. The second-order valence-electron chi connectivity index (χ2n) is 8.73. The molecule has 2 atom stereocenters. The van der Waals surface area contributed by atoms with Crippen LogP contribution in [0.4, 0.5) is 0 Å². The first-order valence-corrected chi connectivity index (χ1v) is 12.0. The van der Waals surface area contributed by atoms with Crippen molar-refractivity contribution in [3.8, 4) is 0 Å². The van der Waals surface area contributed by atoms with Crippen LogP contribution in [0.15, 0.2) is 30.3 Å². The standard InChI is InChI=1S/C25H39N3O2/c1-4-22(20-12-8-7-9-13-20)24(29)28-18-16-27(17-19-28)23(21-14-10-11-15-21)25(30)26(5-2)6-3/h7-9,12-13,21-23H,4-6,10-11,14-19H2,1-3H3. The summed E-state index contributed by atoms with van der Waals surface area (Å²) in [4.78, 5) is 33.0. The van der Waals surface area contributed by atoms with Gasteiger partial charge in [0.2, 0.25) is 11.8 Å². The number of carbonyl (C=O) groups is 2. The van der Waals surface area contributed by atoms with Gasteiger partial charge < -0.3 is 9.80 Å². The first-order valence-electron chi connectivity index (χ1n) is 12.0. The van der Waals surface area contributed by atoms with Gasteiger partial charge in [-0.1, -0.05) is 50.1 Å². The van der Waals surface area contributed by atoms with Gasteiger partial charge in [0.25, 0.3) is 0 Å². The summed E-state index contributed by atoms with van der Waals surface area (Å²) in [7, 11) is 0. The summed E-state index contributed by atoms with van der Waals surface area (Å²) in [6, 6.07) is 10.1. The van der Waals surface area contributed by atoms with Gasteiger partial charge in [0.05, 0.1) is 12.0 Å². The van der Waals surface area contributed by atoms with Gasteiger partial charge in [-0.2, -0.15) is 0 Å². The van der Waals surface area contributed by atoms with E-state index in [2.05, 4.69) is 37.8 Å². The minimum absolute atomic E-state index is 0.0132. The van der Waals surface area contributed by atoms with Gasteiger partial charge in [-0.3, -0.25) is 14.5 Å². The molecule has 2 fully saturated rings. The van der Waals surface area contributed by atoms with Gasteiger partial charge in [0.1, 0.15) is 0 Å². The van der Waals surface area contributed by atoms with Gasteiger partial charge in [0.15, 0.2) is 0 Å². The Morgan fingerprint density at radius 2 is 1.57 bits per heavy atom.